The molecule has 0 atom stereocenters. The van der Waals surface area contributed by atoms with Crippen LogP contribution in [0.4, 0.5) is 0 Å². The van der Waals surface area contributed by atoms with Crippen molar-refractivity contribution >= 4 is 11.9 Å². The molecule has 1 aromatic rings. The summed E-state index contributed by atoms with van der Waals surface area (Å²) in [6.07, 6.45) is 27.2. The van der Waals surface area contributed by atoms with Gasteiger partial charge in [-0.3, -0.25) is 9.59 Å². The van der Waals surface area contributed by atoms with Gasteiger partial charge in [-0.15, -0.1) is 0 Å². The molecule has 0 aromatic heterocycles. The van der Waals surface area contributed by atoms with E-state index in [9.17, 15) is 9.59 Å². The van der Waals surface area contributed by atoms with Gasteiger partial charge in [-0.25, -0.2) is 0 Å². The quantitative estimate of drug-likeness (QED) is 0.0698. The molecule has 212 valence electrons. The molecule has 37 heavy (non-hydrogen) atoms. The Labute approximate surface area is 228 Å². The summed E-state index contributed by atoms with van der Waals surface area (Å²) in [4.78, 5) is 23.7. The van der Waals surface area contributed by atoms with Crippen LogP contribution in [0, 0.1) is 0 Å². The minimum atomic E-state index is -0.164. The van der Waals surface area contributed by atoms with Gasteiger partial charge in [0, 0.05) is 12.8 Å². The zero-order valence-corrected chi connectivity index (χ0v) is 24.0. The zero-order chi connectivity index (χ0) is 26.7. The number of unbranched alkanes of at least 4 members (excludes halogenated alkanes) is 19. The number of carbonyl (C=O) groups is 2. The molecule has 0 aliphatic rings. The fraction of sp³-hybridized carbons (Fsp3) is 0.758. The van der Waals surface area contributed by atoms with Gasteiger partial charge in [0.2, 0.25) is 0 Å². The smallest absolute Gasteiger partial charge is 0.311 e. The first kappa shape index (κ1) is 33.2. The van der Waals surface area contributed by atoms with E-state index in [0.717, 1.165) is 44.9 Å². The van der Waals surface area contributed by atoms with E-state index in [1.54, 1.807) is 12.1 Å². The van der Waals surface area contributed by atoms with Crippen LogP contribution in [-0.4, -0.2) is 18.5 Å². The Bertz CT molecular complexity index is 643. The molecule has 0 amide bonds. The van der Waals surface area contributed by atoms with Crippen molar-refractivity contribution in [2.24, 2.45) is 0 Å². The molecule has 0 bridgehead atoms. The number of rotatable bonds is 26. The minimum Gasteiger partial charge on any atom is -0.466 e. The maximum Gasteiger partial charge on any atom is 0.311 e. The Hall–Kier alpha value is -1.84. The second kappa shape index (κ2) is 25.8. The summed E-state index contributed by atoms with van der Waals surface area (Å²) in [6, 6.07) is 9.21. The van der Waals surface area contributed by atoms with Crippen molar-refractivity contribution in [2.75, 3.05) is 6.61 Å². The molecule has 0 aliphatic carbocycles. The lowest BCUT2D eigenvalue weighted by Crippen LogP contribution is -2.07. The van der Waals surface area contributed by atoms with Crippen LogP contribution in [0.25, 0.3) is 0 Å². The van der Waals surface area contributed by atoms with Crippen molar-refractivity contribution in [1.29, 1.82) is 0 Å². The molecule has 4 nitrogen and oxygen atoms in total. The van der Waals surface area contributed by atoms with Gasteiger partial charge in [0.25, 0.3) is 0 Å². The van der Waals surface area contributed by atoms with Crippen LogP contribution in [0.5, 0.6) is 5.75 Å². The van der Waals surface area contributed by atoms with Crippen molar-refractivity contribution in [3.63, 3.8) is 0 Å². The zero-order valence-electron chi connectivity index (χ0n) is 24.0. The van der Waals surface area contributed by atoms with Crippen LogP contribution < -0.4 is 4.74 Å². The van der Waals surface area contributed by atoms with Crippen molar-refractivity contribution in [3.05, 3.63) is 30.3 Å². The molecule has 4 heteroatoms. The average Bonchev–Trinajstić information content (AvgIpc) is 2.90. The van der Waals surface area contributed by atoms with E-state index in [1.165, 1.54) is 89.9 Å². The summed E-state index contributed by atoms with van der Waals surface area (Å²) < 4.78 is 10.7. The Kier molecular flexibility index (Phi) is 23.1. The highest BCUT2D eigenvalue weighted by atomic mass is 16.5. The molecule has 0 saturated heterocycles. The first-order valence-corrected chi connectivity index (χ1v) is 15.6. The van der Waals surface area contributed by atoms with Gasteiger partial charge < -0.3 is 9.47 Å². The van der Waals surface area contributed by atoms with Gasteiger partial charge in [-0.2, -0.15) is 0 Å². The summed E-state index contributed by atoms with van der Waals surface area (Å²) in [5, 5.41) is 0. The highest BCUT2D eigenvalue weighted by Gasteiger charge is 2.05. The van der Waals surface area contributed by atoms with Gasteiger partial charge in [-0.05, 0) is 31.4 Å². The minimum absolute atomic E-state index is 0.0472. The monoisotopic (exact) mass is 516 g/mol. The molecule has 1 aromatic carbocycles. The third kappa shape index (κ3) is 23.0. The lowest BCUT2D eigenvalue weighted by atomic mass is 10.0. The van der Waals surface area contributed by atoms with E-state index in [1.807, 2.05) is 18.2 Å². The number of ether oxygens (including phenoxy) is 2. The molecule has 0 fully saturated rings. The summed E-state index contributed by atoms with van der Waals surface area (Å²) in [5.41, 5.74) is 0. The molecule has 0 radical (unpaired) electrons. The number of para-hydroxylation sites is 1. The van der Waals surface area contributed by atoms with Crippen LogP contribution >= 0.6 is 0 Å². The Morgan fingerprint density at radius 1 is 0.514 bits per heavy atom. The van der Waals surface area contributed by atoms with E-state index >= 15 is 0 Å². The van der Waals surface area contributed by atoms with Crippen LogP contribution in [0.3, 0.4) is 0 Å². The summed E-state index contributed by atoms with van der Waals surface area (Å²) in [6.45, 7) is 2.86. The van der Waals surface area contributed by atoms with Crippen LogP contribution in [0.2, 0.25) is 0 Å². The van der Waals surface area contributed by atoms with Crippen molar-refractivity contribution in [2.45, 2.75) is 155 Å². The van der Waals surface area contributed by atoms with Gasteiger partial charge in [0.05, 0.1) is 6.61 Å². The largest absolute Gasteiger partial charge is 0.466 e. The number of hydrogen-bond acceptors (Lipinski definition) is 4. The summed E-state index contributed by atoms with van der Waals surface area (Å²) in [5.74, 6) is 0.399. The summed E-state index contributed by atoms with van der Waals surface area (Å²) >= 11 is 0. The van der Waals surface area contributed by atoms with E-state index in [4.69, 9.17) is 9.47 Å². The molecular weight excluding hydrogens is 460 g/mol. The van der Waals surface area contributed by atoms with Crippen LogP contribution in [0.1, 0.15) is 155 Å². The predicted octanol–water partition coefficient (Wildman–Crippen LogP) is 10.1. The highest BCUT2D eigenvalue weighted by Crippen LogP contribution is 2.14. The maximum absolute atomic E-state index is 11.9. The van der Waals surface area contributed by atoms with Crippen molar-refractivity contribution in [3.8, 4) is 5.75 Å². The van der Waals surface area contributed by atoms with Gasteiger partial charge in [0.15, 0.2) is 0 Å². The van der Waals surface area contributed by atoms with E-state index in [-0.39, 0.29) is 11.9 Å². The Balaban J connectivity index is 1.75. The van der Waals surface area contributed by atoms with Crippen molar-refractivity contribution < 1.29 is 19.1 Å². The molecule has 0 heterocycles. The predicted molar refractivity (Wildman–Crippen MR) is 155 cm³/mol. The molecule has 0 spiro atoms. The molecule has 1 rings (SSSR count). The average molecular weight is 517 g/mol. The molecule has 0 aliphatic heterocycles. The molecule has 0 saturated carbocycles. The standard InChI is InChI=1S/C33H56O4/c1-2-3-4-5-6-7-8-9-10-11-12-13-16-19-25-30-36-32(34)28-23-17-14-15-18-24-29-33(35)37-31-26-21-20-22-27-31/h20-22,26-27H,2-19,23-25,28-30H2,1H3. The maximum atomic E-state index is 11.9. The number of benzene rings is 1. The highest BCUT2D eigenvalue weighted by molar-refractivity contribution is 5.72. The summed E-state index contributed by atoms with van der Waals surface area (Å²) in [7, 11) is 0. The third-order valence-electron chi connectivity index (χ3n) is 7.00. The fourth-order valence-electron chi connectivity index (χ4n) is 4.65. The van der Waals surface area contributed by atoms with Crippen LogP contribution in [0.15, 0.2) is 30.3 Å². The van der Waals surface area contributed by atoms with Crippen molar-refractivity contribution in [1.82, 2.24) is 0 Å². The molecule has 0 N–H and O–H groups in total. The second-order valence-electron chi connectivity index (χ2n) is 10.6. The number of hydrogen-bond donors (Lipinski definition) is 0. The Morgan fingerprint density at radius 3 is 1.41 bits per heavy atom. The SMILES string of the molecule is CCCCCCCCCCCCCCCCCOC(=O)CCCCCCCCC(=O)Oc1ccccc1. The van der Waals surface area contributed by atoms with Gasteiger partial charge in [-0.1, -0.05) is 141 Å². The fourth-order valence-corrected chi connectivity index (χ4v) is 4.65. The van der Waals surface area contributed by atoms with Gasteiger partial charge in [0.1, 0.15) is 5.75 Å². The van der Waals surface area contributed by atoms with E-state index in [0.29, 0.717) is 25.2 Å². The molecular formula is C33H56O4. The molecule has 0 unspecified atom stereocenters. The Morgan fingerprint density at radius 2 is 0.919 bits per heavy atom. The van der Waals surface area contributed by atoms with Crippen LogP contribution in [-0.2, 0) is 14.3 Å². The third-order valence-corrected chi connectivity index (χ3v) is 7.00. The number of esters is 2. The second-order valence-corrected chi connectivity index (χ2v) is 10.6. The lowest BCUT2D eigenvalue weighted by Gasteiger charge is -2.06. The van der Waals surface area contributed by atoms with Gasteiger partial charge >= 0.3 is 11.9 Å². The topological polar surface area (TPSA) is 52.6 Å². The first-order valence-electron chi connectivity index (χ1n) is 15.6. The lowest BCUT2D eigenvalue weighted by molar-refractivity contribution is -0.144. The first-order chi connectivity index (χ1) is 18.2. The normalized spacial score (nSPS) is 10.9. The van der Waals surface area contributed by atoms with E-state index < -0.39 is 0 Å². The number of carbonyl (C=O) groups excluding carboxylic acids is 2. The van der Waals surface area contributed by atoms with E-state index in [2.05, 4.69) is 6.92 Å².